The standard InChI is InChI=1S/C22H38N2O4/c1-23(2)17-11-7-5-9-13-19(17)27-21(25)15-16-22(26)28-20-14-10-6-8-12-18(20)24(3)4/h15-20H,5-14H2,1-4H3/b16-15+. The first-order chi connectivity index (χ1) is 13.4. The lowest BCUT2D eigenvalue weighted by Crippen LogP contribution is -2.41. The Morgan fingerprint density at radius 1 is 0.643 bits per heavy atom. The highest BCUT2D eigenvalue weighted by molar-refractivity contribution is 5.91. The molecule has 4 atom stereocenters. The zero-order valence-electron chi connectivity index (χ0n) is 18.1. The van der Waals surface area contributed by atoms with Gasteiger partial charge >= 0.3 is 11.9 Å². The monoisotopic (exact) mass is 394 g/mol. The zero-order valence-corrected chi connectivity index (χ0v) is 18.1. The first kappa shape index (κ1) is 22.9. The van der Waals surface area contributed by atoms with Crippen LogP contribution in [0.5, 0.6) is 0 Å². The minimum atomic E-state index is -0.458. The first-order valence-corrected chi connectivity index (χ1v) is 10.8. The molecule has 0 aliphatic heterocycles. The number of carbonyl (C=O) groups is 2. The highest BCUT2D eigenvalue weighted by Gasteiger charge is 2.29. The highest BCUT2D eigenvalue weighted by Crippen LogP contribution is 2.25. The average Bonchev–Trinajstić information content (AvgIpc) is 3.00. The van der Waals surface area contributed by atoms with Crippen molar-refractivity contribution in [3.8, 4) is 0 Å². The van der Waals surface area contributed by atoms with E-state index in [9.17, 15) is 9.59 Å². The van der Waals surface area contributed by atoms with Crippen molar-refractivity contribution in [1.29, 1.82) is 0 Å². The van der Waals surface area contributed by atoms with Gasteiger partial charge in [-0.15, -0.1) is 0 Å². The minimum absolute atomic E-state index is 0.120. The summed E-state index contributed by atoms with van der Waals surface area (Å²) in [6, 6.07) is 0.470. The Kier molecular flexibility index (Phi) is 9.45. The smallest absolute Gasteiger partial charge is 0.331 e. The van der Waals surface area contributed by atoms with Crippen molar-refractivity contribution in [2.75, 3.05) is 28.2 Å². The second-order valence-corrected chi connectivity index (χ2v) is 8.62. The lowest BCUT2D eigenvalue weighted by molar-refractivity contribution is -0.149. The molecular weight excluding hydrogens is 356 g/mol. The Balaban J connectivity index is 1.88. The molecule has 6 heteroatoms. The summed E-state index contributed by atoms with van der Waals surface area (Å²) in [5, 5.41) is 0. The van der Waals surface area contributed by atoms with Gasteiger partial charge in [-0.3, -0.25) is 0 Å². The van der Waals surface area contributed by atoms with E-state index < -0.39 is 11.9 Å². The molecule has 0 aromatic heterocycles. The van der Waals surface area contributed by atoms with Crippen molar-refractivity contribution in [1.82, 2.24) is 9.80 Å². The summed E-state index contributed by atoms with van der Waals surface area (Å²) in [6.45, 7) is 0. The summed E-state index contributed by atoms with van der Waals surface area (Å²) in [4.78, 5) is 28.8. The van der Waals surface area contributed by atoms with Crippen LogP contribution in [0.2, 0.25) is 0 Å². The number of hydrogen-bond acceptors (Lipinski definition) is 6. The minimum Gasteiger partial charge on any atom is -0.458 e. The number of esters is 2. The Hall–Kier alpha value is -1.40. The molecule has 0 amide bonds. The van der Waals surface area contributed by atoms with Crippen LogP contribution in [0.1, 0.15) is 64.2 Å². The van der Waals surface area contributed by atoms with Gasteiger partial charge in [0, 0.05) is 24.2 Å². The Morgan fingerprint density at radius 3 is 1.36 bits per heavy atom. The molecule has 2 saturated carbocycles. The fourth-order valence-electron chi connectivity index (χ4n) is 4.48. The molecule has 2 aliphatic rings. The normalized spacial score (nSPS) is 29.5. The van der Waals surface area contributed by atoms with E-state index in [4.69, 9.17) is 9.47 Å². The molecule has 160 valence electrons. The summed E-state index contributed by atoms with van der Waals surface area (Å²) in [6.07, 6.45) is 12.8. The van der Waals surface area contributed by atoms with Gasteiger partial charge in [-0.25, -0.2) is 9.59 Å². The fraction of sp³-hybridized carbons (Fsp3) is 0.818. The molecule has 2 fully saturated rings. The van der Waals surface area contributed by atoms with Crippen LogP contribution >= 0.6 is 0 Å². The lowest BCUT2D eigenvalue weighted by atomic mass is 10.1. The van der Waals surface area contributed by atoms with Crippen LogP contribution in [0.15, 0.2) is 12.2 Å². The predicted molar refractivity (Wildman–Crippen MR) is 110 cm³/mol. The number of hydrogen-bond donors (Lipinski definition) is 0. The van der Waals surface area contributed by atoms with Gasteiger partial charge in [0.2, 0.25) is 0 Å². The summed E-state index contributed by atoms with van der Waals surface area (Å²) >= 11 is 0. The van der Waals surface area contributed by atoms with Gasteiger partial charge in [-0.2, -0.15) is 0 Å². The third-order valence-corrected chi connectivity index (χ3v) is 6.05. The van der Waals surface area contributed by atoms with E-state index in [2.05, 4.69) is 9.80 Å². The Morgan fingerprint density at radius 2 is 1.00 bits per heavy atom. The van der Waals surface area contributed by atoms with Crippen LogP contribution in [0, 0.1) is 0 Å². The van der Waals surface area contributed by atoms with Crippen LogP contribution in [-0.2, 0) is 19.1 Å². The molecule has 0 heterocycles. The molecule has 0 bridgehead atoms. The second-order valence-electron chi connectivity index (χ2n) is 8.62. The lowest BCUT2D eigenvalue weighted by Gasteiger charge is -2.30. The largest absolute Gasteiger partial charge is 0.458 e. The van der Waals surface area contributed by atoms with Gasteiger partial charge in [-0.1, -0.05) is 25.7 Å². The predicted octanol–water partition coefficient (Wildman–Crippen LogP) is 3.15. The molecule has 0 N–H and O–H groups in total. The molecule has 0 saturated heterocycles. The van der Waals surface area contributed by atoms with Gasteiger partial charge in [0.05, 0.1) is 0 Å². The highest BCUT2D eigenvalue weighted by atomic mass is 16.5. The van der Waals surface area contributed by atoms with Crippen LogP contribution in [-0.4, -0.2) is 74.2 Å². The van der Waals surface area contributed by atoms with Gasteiger partial charge in [0.15, 0.2) is 0 Å². The summed E-state index contributed by atoms with van der Waals surface area (Å²) in [5.41, 5.74) is 0. The van der Waals surface area contributed by atoms with E-state index in [1.54, 1.807) is 0 Å². The van der Waals surface area contributed by atoms with Crippen molar-refractivity contribution >= 4 is 11.9 Å². The van der Waals surface area contributed by atoms with Gasteiger partial charge < -0.3 is 19.3 Å². The SMILES string of the molecule is CN(C)C1CCCCCC1OC(=O)/C=C/C(=O)OC1CCCCCC1N(C)C. The average molecular weight is 395 g/mol. The van der Waals surface area contributed by atoms with E-state index in [1.165, 1.54) is 25.0 Å². The molecule has 28 heavy (non-hydrogen) atoms. The summed E-state index contributed by atoms with van der Waals surface area (Å²) in [7, 11) is 8.10. The van der Waals surface area contributed by atoms with Crippen LogP contribution in [0.25, 0.3) is 0 Å². The molecule has 6 nitrogen and oxygen atoms in total. The van der Waals surface area contributed by atoms with Crippen LogP contribution in [0.4, 0.5) is 0 Å². The molecule has 2 aliphatic carbocycles. The van der Waals surface area contributed by atoms with Gasteiger partial charge in [0.25, 0.3) is 0 Å². The van der Waals surface area contributed by atoms with Crippen molar-refractivity contribution in [3.05, 3.63) is 12.2 Å². The van der Waals surface area contributed by atoms with E-state index in [0.717, 1.165) is 51.4 Å². The number of likely N-dealkylation sites (N-methyl/N-ethyl adjacent to an activating group) is 2. The van der Waals surface area contributed by atoms with E-state index >= 15 is 0 Å². The molecule has 4 unspecified atom stereocenters. The maximum atomic E-state index is 12.3. The molecule has 0 radical (unpaired) electrons. The van der Waals surface area contributed by atoms with Gasteiger partial charge in [-0.05, 0) is 66.7 Å². The number of carbonyl (C=O) groups excluding carboxylic acids is 2. The number of nitrogens with zero attached hydrogens (tertiary/aromatic N) is 2. The van der Waals surface area contributed by atoms with Gasteiger partial charge in [0.1, 0.15) is 12.2 Å². The van der Waals surface area contributed by atoms with Crippen molar-refractivity contribution < 1.29 is 19.1 Å². The van der Waals surface area contributed by atoms with Crippen LogP contribution in [0.3, 0.4) is 0 Å². The molecule has 0 aromatic carbocycles. The van der Waals surface area contributed by atoms with Crippen molar-refractivity contribution in [2.24, 2.45) is 0 Å². The van der Waals surface area contributed by atoms with Crippen molar-refractivity contribution in [3.63, 3.8) is 0 Å². The third kappa shape index (κ3) is 7.21. The Bertz CT molecular complexity index is 487. The van der Waals surface area contributed by atoms with Crippen LogP contribution < -0.4 is 0 Å². The number of ether oxygens (including phenoxy) is 2. The van der Waals surface area contributed by atoms with Crippen molar-refractivity contribution in [2.45, 2.75) is 88.5 Å². The topological polar surface area (TPSA) is 59.1 Å². The third-order valence-electron chi connectivity index (χ3n) is 6.05. The number of rotatable bonds is 6. The fourth-order valence-corrected chi connectivity index (χ4v) is 4.48. The Labute approximate surface area is 170 Å². The zero-order chi connectivity index (χ0) is 20.5. The quantitative estimate of drug-likeness (QED) is 0.392. The molecular formula is C22H38N2O4. The maximum Gasteiger partial charge on any atom is 0.331 e. The summed E-state index contributed by atoms with van der Waals surface area (Å²) < 4.78 is 11.4. The molecule has 0 spiro atoms. The van der Waals surface area contributed by atoms with E-state index in [1.807, 2.05) is 28.2 Å². The van der Waals surface area contributed by atoms with E-state index in [-0.39, 0.29) is 24.3 Å². The second kappa shape index (κ2) is 11.6. The summed E-state index contributed by atoms with van der Waals surface area (Å²) in [5.74, 6) is -0.915. The maximum absolute atomic E-state index is 12.3. The molecule has 2 rings (SSSR count). The molecule has 0 aromatic rings. The van der Waals surface area contributed by atoms with E-state index in [0.29, 0.717) is 0 Å². The first-order valence-electron chi connectivity index (χ1n) is 10.8.